The molecule has 4 nitrogen and oxygen atoms in total. The van der Waals surface area contributed by atoms with E-state index < -0.39 is 11.9 Å². The normalized spacial score (nSPS) is 11.0. The van der Waals surface area contributed by atoms with Gasteiger partial charge in [-0.3, -0.25) is 9.59 Å². The minimum absolute atomic E-state index is 0.270. The fourth-order valence-electron chi connectivity index (χ4n) is 0.520. The Balaban J connectivity index is 3.89. The maximum Gasteiger partial charge on any atom is 0.296 e. The molecule has 11 heavy (non-hydrogen) atoms. The van der Waals surface area contributed by atoms with Crippen LogP contribution in [0.1, 0.15) is 6.92 Å². The Kier molecular flexibility index (Phi) is 3.75. The smallest absolute Gasteiger partial charge is 0.296 e. The predicted octanol–water partition coefficient (Wildman–Crippen LogP) is -1.13. The van der Waals surface area contributed by atoms with E-state index in [4.69, 9.17) is 6.42 Å². The molecule has 0 radical (unpaired) electrons. The number of hydrogen-bond donors (Lipinski definition) is 2. The molecule has 0 saturated heterocycles. The van der Waals surface area contributed by atoms with Gasteiger partial charge in [0.15, 0.2) is 0 Å². The van der Waals surface area contributed by atoms with Gasteiger partial charge in [0.2, 0.25) is 5.91 Å². The number of likely N-dealkylation sites (N-methyl/N-ethyl adjacent to an activating group) is 1. The summed E-state index contributed by atoms with van der Waals surface area (Å²) in [5.74, 6) is 0.993. The van der Waals surface area contributed by atoms with E-state index in [1.54, 1.807) is 6.92 Å². The number of nitrogens with one attached hydrogen (secondary N) is 2. The Labute approximate surface area is 65.4 Å². The number of terminal acetylenes is 1. The highest BCUT2D eigenvalue weighted by Gasteiger charge is 2.11. The van der Waals surface area contributed by atoms with E-state index in [1.165, 1.54) is 7.05 Å². The number of hydrogen-bond acceptors (Lipinski definition) is 2. The Bertz CT molecular complexity index is 205. The summed E-state index contributed by atoms with van der Waals surface area (Å²) in [6.07, 6.45) is 4.77. The van der Waals surface area contributed by atoms with E-state index >= 15 is 0 Å². The lowest BCUT2D eigenvalue weighted by Gasteiger charge is -2.08. The van der Waals surface area contributed by atoms with Crippen LogP contribution in [-0.4, -0.2) is 24.9 Å². The van der Waals surface area contributed by atoms with Gasteiger partial charge in [0.05, 0.1) is 0 Å². The van der Waals surface area contributed by atoms with E-state index in [2.05, 4.69) is 10.6 Å². The first-order valence-corrected chi connectivity index (χ1v) is 3.10. The quantitative estimate of drug-likeness (QED) is 0.494. The number of amides is 2. The third kappa shape index (κ3) is 3.26. The van der Waals surface area contributed by atoms with E-state index in [-0.39, 0.29) is 5.91 Å². The zero-order valence-electron chi connectivity index (χ0n) is 6.47. The van der Waals surface area contributed by atoms with Gasteiger partial charge < -0.3 is 10.6 Å². The van der Waals surface area contributed by atoms with Gasteiger partial charge >= 0.3 is 0 Å². The van der Waals surface area contributed by atoms with Crippen LogP contribution in [0.5, 0.6) is 0 Å². The molecule has 2 N–H and O–H groups in total. The van der Waals surface area contributed by atoms with Gasteiger partial charge in [0.1, 0.15) is 6.04 Å². The van der Waals surface area contributed by atoms with Gasteiger partial charge in [-0.25, -0.2) is 0 Å². The van der Waals surface area contributed by atoms with Crippen molar-refractivity contribution in [1.82, 2.24) is 10.6 Å². The molecule has 0 bridgehead atoms. The third-order valence-corrected chi connectivity index (χ3v) is 1.12. The zero-order valence-corrected chi connectivity index (χ0v) is 6.47. The molecular weight excluding hydrogens is 144 g/mol. The number of carbonyl (C=O) groups excluding carboxylic acids is 2. The SMILES string of the molecule is C#CC(=O)N[C@H](C)C(=O)NC. The summed E-state index contributed by atoms with van der Waals surface area (Å²) in [6.45, 7) is 1.55. The topological polar surface area (TPSA) is 58.2 Å². The molecule has 0 aromatic carbocycles. The lowest BCUT2D eigenvalue weighted by molar-refractivity contribution is -0.126. The van der Waals surface area contributed by atoms with Gasteiger partial charge in [-0.2, -0.15) is 0 Å². The summed E-state index contributed by atoms with van der Waals surface area (Å²) in [5, 5.41) is 4.67. The molecule has 0 fully saturated rings. The van der Waals surface area contributed by atoms with Crippen LogP contribution in [0.15, 0.2) is 0 Å². The van der Waals surface area contributed by atoms with Crippen molar-refractivity contribution in [3.05, 3.63) is 0 Å². The van der Waals surface area contributed by atoms with Crippen molar-refractivity contribution >= 4 is 11.8 Å². The van der Waals surface area contributed by atoms with Crippen LogP contribution in [0, 0.1) is 12.3 Å². The molecule has 0 spiro atoms. The molecule has 0 aromatic rings. The highest BCUT2D eigenvalue weighted by atomic mass is 16.2. The molecule has 1 atom stereocenters. The lowest BCUT2D eigenvalue weighted by atomic mass is 10.3. The van der Waals surface area contributed by atoms with Gasteiger partial charge in [0.25, 0.3) is 5.91 Å². The van der Waals surface area contributed by atoms with Gasteiger partial charge in [-0.1, -0.05) is 0 Å². The molecule has 0 heterocycles. The summed E-state index contributed by atoms with van der Waals surface area (Å²) in [4.78, 5) is 21.3. The second-order valence-corrected chi connectivity index (χ2v) is 1.95. The second kappa shape index (κ2) is 4.34. The fraction of sp³-hybridized carbons (Fsp3) is 0.429. The summed E-state index contributed by atoms with van der Waals surface area (Å²) < 4.78 is 0. The van der Waals surface area contributed by atoms with Gasteiger partial charge in [-0.05, 0) is 12.8 Å². The monoisotopic (exact) mass is 154 g/mol. The first-order valence-electron chi connectivity index (χ1n) is 3.10. The molecule has 2 amide bonds. The maximum absolute atomic E-state index is 10.8. The summed E-state index contributed by atoms with van der Waals surface area (Å²) >= 11 is 0. The lowest BCUT2D eigenvalue weighted by Crippen LogP contribution is -2.43. The van der Waals surface area contributed by atoms with E-state index in [1.807, 2.05) is 5.92 Å². The van der Waals surface area contributed by atoms with Crippen LogP contribution in [0.3, 0.4) is 0 Å². The van der Waals surface area contributed by atoms with Crippen LogP contribution in [0.4, 0.5) is 0 Å². The molecule has 0 aliphatic rings. The standard InChI is InChI=1S/C7H10N2O2/c1-4-6(10)9-5(2)7(11)8-3/h1,5H,2-3H3,(H,8,11)(H,9,10)/t5-/m1/s1. The van der Waals surface area contributed by atoms with Crippen molar-refractivity contribution in [3.8, 4) is 12.3 Å². The predicted molar refractivity (Wildman–Crippen MR) is 40.5 cm³/mol. The minimum atomic E-state index is -0.582. The molecular formula is C7H10N2O2. The average Bonchev–Trinajstić information content (AvgIpc) is 2.02. The van der Waals surface area contributed by atoms with Crippen molar-refractivity contribution in [3.63, 3.8) is 0 Å². The van der Waals surface area contributed by atoms with E-state index in [9.17, 15) is 9.59 Å². The van der Waals surface area contributed by atoms with Crippen LogP contribution in [-0.2, 0) is 9.59 Å². The van der Waals surface area contributed by atoms with Crippen molar-refractivity contribution < 1.29 is 9.59 Å². The largest absolute Gasteiger partial charge is 0.357 e. The maximum atomic E-state index is 10.8. The first-order chi connectivity index (χ1) is 5.11. The highest BCUT2D eigenvalue weighted by Crippen LogP contribution is 1.79. The molecule has 0 aliphatic carbocycles. The molecule has 0 aliphatic heterocycles. The van der Waals surface area contributed by atoms with Crippen LogP contribution < -0.4 is 10.6 Å². The Hall–Kier alpha value is -1.50. The Morgan fingerprint density at radius 2 is 2.09 bits per heavy atom. The van der Waals surface area contributed by atoms with E-state index in [0.29, 0.717) is 0 Å². The number of rotatable bonds is 2. The summed E-state index contributed by atoms with van der Waals surface area (Å²) in [5.41, 5.74) is 0. The fourth-order valence-corrected chi connectivity index (χ4v) is 0.520. The molecule has 4 heteroatoms. The van der Waals surface area contributed by atoms with Crippen molar-refractivity contribution in [2.45, 2.75) is 13.0 Å². The van der Waals surface area contributed by atoms with Gasteiger partial charge in [0, 0.05) is 7.05 Å². The minimum Gasteiger partial charge on any atom is -0.357 e. The zero-order chi connectivity index (χ0) is 8.85. The second-order valence-electron chi connectivity index (χ2n) is 1.95. The van der Waals surface area contributed by atoms with Crippen molar-refractivity contribution in [1.29, 1.82) is 0 Å². The number of carbonyl (C=O) groups is 2. The molecule has 60 valence electrons. The molecule has 0 saturated carbocycles. The van der Waals surface area contributed by atoms with E-state index in [0.717, 1.165) is 0 Å². The van der Waals surface area contributed by atoms with Crippen LogP contribution in [0.25, 0.3) is 0 Å². The molecule has 0 rings (SSSR count). The van der Waals surface area contributed by atoms with Crippen molar-refractivity contribution in [2.24, 2.45) is 0 Å². The summed E-state index contributed by atoms with van der Waals surface area (Å²) in [6, 6.07) is -0.580. The van der Waals surface area contributed by atoms with Crippen molar-refractivity contribution in [2.75, 3.05) is 7.05 Å². The van der Waals surface area contributed by atoms with Crippen LogP contribution in [0.2, 0.25) is 0 Å². The molecule has 0 unspecified atom stereocenters. The molecule has 0 aromatic heterocycles. The van der Waals surface area contributed by atoms with Crippen LogP contribution >= 0.6 is 0 Å². The Morgan fingerprint density at radius 3 is 2.45 bits per heavy atom. The first kappa shape index (κ1) is 9.50. The average molecular weight is 154 g/mol. The summed E-state index contributed by atoms with van der Waals surface area (Å²) in [7, 11) is 1.49. The third-order valence-electron chi connectivity index (χ3n) is 1.12. The Morgan fingerprint density at radius 1 is 1.55 bits per heavy atom. The van der Waals surface area contributed by atoms with Gasteiger partial charge in [-0.15, -0.1) is 6.42 Å². The highest BCUT2D eigenvalue weighted by molar-refractivity contribution is 5.96.